The first-order valence-corrected chi connectivity index (χ1v) is 10.7. The highest BCUT2D eigenvalue weighted by Gasteiger charge is 2.42. The van der Waals surface area contributed by atoms with Crippen LogP contribution < -0.4 is 21.7 Å². The second-order valence-electron chi connectivity index (χ2n) is 8.25. The van der Waals surface area contributed by atoms with Crippen LogP contribution >= 0.6 is 0 Å². The number of nitrogens with two attached hydrogens (primary N) is 2. The smallest absolute Gasteiger partial charge is 0.238 e. The van der Waals surface area contributed by atoms with E-state index in [-0.39, 0.29) is 11.9 Å². The topological polar surface area (TPSA) is 112 Å². The number of nitrogens with zero attached hydrogens (tertiary/aromatic N) is 4. The van der Waals surface area contributed by atoms with Gasteiger partial charge in [-0.3, -0.25) is 14.6 Å². The van der Waals surface area contributed by atoms with E-state index < -0.39 is 5.66 Å². The predicted molar refractivity (Wildman–Crippen MR) is 117 cm³/mol. The molecular formula is C21H31N7O. The number of hydrogen-bond donors (Lipinski definition) is 3. The van der Waals surface area contributed by atoms with Gasteiger partial charge in [0.15, 0.2) is 0 Å². The molecule has 1 saturated heterocycles. The Morgan fingerprint density at radius 3 is 2.34 bits per heavy atom. The zero-order chi connectivity index (χ0) is 20.3. The molecule has 1 aromatic carbocycles. The van der Waals surface area contributed by atoms with Crippen LogP contribution in [0.5, 0.6) is 0 Å². The summed E-state index contributed by atoms with van der Waals surface area (Å²) in [4.78, 5) is 25.5. The Hall–Kier alpha value is -2.61. The van der Waals surface area contributed by atoms with Crippen LogP contribution in [-0.2, 0) is 4.79 Å². The number of carbonyl (C=O) groups is 1. The molecule has 156 valence electrons. The monoisotopic (exact) mass is 397 g/mol. The van der Waals surface area contributed by atoms with E-state index in [1.165, 1.54) is 25.7 Å². The number of aliphatic imine (C=N–C) groups is 2. The van der Waals surface area contributed by atoms with E-state index in [4.69, 9.17) is 16.5 Å². The first-order valence-electron chi connectivity index (χ1n) is 10.7. The van der Waals surface area contributed by atoms with Gasteiger partial charge in [0.05, 0.1) is 6.54 Å². The number of rotatable bonds is 4. The average molecular weight is 398 g/mol. The Morgan fingerprint density at radius 1 is 1.00 bits per heavy atom. The first-order chi connectivity index (χ1) is 14.1. The molecule has 2 aliphatic heterocycles. The number of hydrogen-bond acceptors (Lipinski definition) is 7. The van der Waals surface area contributed by atoms with E-state index in [0.717, 1.165) is 50.1 Å². The molecule has 0 aromatic heterocycles. The van der Waals surface area contributed by atoms with E-state index in [9.17, 15) is 4.79 Å². The molecule has 0 radical (unpaired) electrons. The van der Waals surface area contributed by atoms with E-state index >= 15 is 0 Å². The van der Waals surface area contributed by atoms with Crippen LogP contribution in [0.15, 0.2) is 34.3 Å². The Bertz CT molecular complexity index is 790. The highest BCUT2D eigenvalue weighted by Crippen LogP contribution is 2.39. The van der Waals surface area contributed by atoms with Gasteiger partial charge in [0.25, 0.3) is 0 Å². The van der Waals surface area contributed by atoms with Crippen molar-refractivity contribution in [2.45, 2.75) is 57.0 Å². The van der Waals surface area contributed by atoms with Crippen molar-refractivity contribution in [2.24, 2.45) is 21.5 Å². The van der Waals surface area contributed by atoms with Crippen molar-refractivity contribution in [3.63, 3.8) is 0 Å². The second kappa shape index (κ2) is 8.41. The summed E-state index contributed by atoms with van der Waals surface area (Å²) in [7, 11) is 0. The number of carbonyl (C=O) groups excluding carboxylic acids is 1. The number of likely N-dealkylation sites (tertiary alicyclic amines) is 1. The molecule has 2 fully saturated rings. The molecule has 1 spiro atoms. The zero-order valence-electron chi connectivity index (χ0n) is 16.9. The summed E-state index contributed by atoms with van der Waals surface area (Å²) < 4.78 is 0. The van der Waals surface area contributed by atoms with Crippen molar-refractivity contribution in [2.75, 3.05) is 29.9 Å². The van der Waals surface area contributed by atoms with Crippen molar-refractivity contribution in [3.05, 3.63) is 24.3 Å². The van der Waals surface area contributed by atoms with Crippen LogP contribution in [0.1, 0.15) is 51.4 Å². The molecule has 0 unspecified atom stereocenters. The molecule has 0 bridgehead atoms. The van der Waals surface area contributed by atoms with E-state index in [0.29, 0.717) is 12.5 Å². The molecule has 2 heterocycles. The average Bonchev–Trinajstić information content (AvgIpc) is 2.70. The van der Waals surface area contributed by atoms with E-state index in [1.54, 1.807) is 0 Å². The number of guanidine groups is 2. The predicted octanol–water partition coefficient (Wildman–Crippen LogP) is 2.22. The van der Waals surface area contributed by atoms with Gasteiger partial charge in [0.1, 0.15) is 5.66 Å². The molecular weight excluding hydrogens is 366 g/mol. The SMILES string of the molecule is NC1=NC2(CCCCC2)N(c2ccc(NC(=O)CN3CCCCC3)cc2)C(N)=N1. The molecule has 8 nitrogen and oxygen atoms in total. The highest BCUT2D eigenvalue weighted by molar-refractivity contribution is 6.05. The Balaban J connectivity index is 1.46. The summed E-state index contributed by atoms with van der Waals surface area (Å²) in [6.45, 7) is 2.46. The Morgan fingerprint density at radius 2 is 1.66 bits per heavy atom. The summed E-state index contributed by atoms with van der Waals surface area (Å²) in [5.74, 6) is 0.656. The fourth-order valence-electron chi connectivity index (χ4n) is 4.71. The van der Waals surface area contributed by atoms with Gasteiger partial charge in [-0.05, 0) is 75.9 Å². The summed E-state index contributed by atoms with van der Waals surface area (Å²) in [5, 5.41) is 3.00. The molecule has 1 amide bonds. The minimum atomic E-state index is -0.451. The highest BCUT2D eigenvalue weighted by atomic mass is 16.2. The summed E-state index contributed by atoms with van der Waals surface area (Å²) in [5.41, 5.74) is 13.4. The van der Waals surface area contributed by atoms with Crippen LogP contribution in [0.4, 0.5) is 11.4 Å². The largest absolute Gasteiger partial charge is 0.369 e. The van der Waals surface area contributed by atoms with Crippen LogP contribution in [0.3, 0.4) is 0 Å². The number of amides is 1. The van der Waals surface area contributed by atoms with Gasteiger partial charge in [-0.25, -0.2) is 4.99 Å². The maximum atomic E-state index is 12.4. The van der Waals surface area contributed by atoms with Crippen molar-refractivity contribution < 1.29 is 4.79 Å². The molecule has 8 heteroatoms. The molecule has 1 saturated carbocycles. The molecule has 1 aromatic rings. The minimum absolute atomic E-state index is 0.0276. The quantitative estimate of drug-likeness (QED) is 0.721. The lowest BCUT2D eigenvalue weighted by Gasteiger charge is -2.45. The van der Waals surface area contributed by atoms with Crippen molar-refractivity contribution >= 4 is 29.2 Å². The number of anilines is 2. The van der Waals surface area contributed by atoms with Gasteiger partial charge in [0.2, 0.25) is 17.8 Å². The molecule has 3 aliphatic rings. The van der Waals surface area contributed by atoms with Crippen LogP contribution in [0.2, 0.25) is 0 Å². The minimum Gasteiger partial charge on any atom is -0.369 e. The van der Waals surface area contributed by atoms with E-state index in [1.807, 2.05) is 29.2 Å². The van der Waals surface area contributed by atoms with Gasteiger partial charge >= 0.3 is 0 Å². The third kappa shape index (κ3) is 4.37. The summed E-state index contributed by atoms with van der Waals surface area (Å²) in [6, 6.07) is 7.75. The van der Waals surface area contributed by atoms with Gasteiger partial charge < -0.3 is 16.8 Å². The van der Waals surface area contributed by atoms with Gasteiger partial charge in [-0.2, -0.15) is 4.99 Å². The first kappa shape index (κ1) is 19.7. The molecule has 29 heavy (non-hydrogen) atoms. The second-order valence-corrected chi connectivity index (χ2v) is 8.25. The molecule has 1 aliphatic carbocycles. The Kier molecular flexibility index (Phi) is 5.71. The van der Waals surface area contributed by atoms with Gasteiger partial charge in [-0.15, -0.1) is 0 Å². The van der Waals surface area contributed by atoms with Gasteiger partial charge in [0, 0.05) is 11.4 Å². The number of piperidine rings is 1. The molecule has 5 N–H and O–H groups in total. The number of nitrogens with one attached hydrogen (secondary N) is 1. The fraction of sp³-hybridized carbons (Fsp3) is 0.571. The zero-order valence-corrected chi connectivity index (χ0v) is 16.9. The Labute approximate surface area is 172 Å². The normalized spacial score (nSPS) is 22.1. The van der Waals surface area contributed by atoms with Crippen LogP contribution in [-0.4, -0.2) is 48.0 Å². The molecule has 4 rings (SSSR count). The lowest BCUT2D eigenvalue weighted by atomic mass is 9.87. The maximum absolute atomic E-state index is 12.4. The third-order valence-electron chi connectivity index (χ3n) is 6.08. The van der Waals surface area contributed by atoms with Crippen LogP contribution in [0, 0.1) is 0 Å². The van der Waals surface area contributed by atoms with Crippen molar-refractivity contribution in [3.8, 4) is 0 Å². The lowest BCUT2D eigenvalue weighted by molar-refractivity contribution is -0.117. The van der Waals surface area contributed by atoms with Crippen molar-refractivity contribution in [1.82, 2.24) is 4.90 Å². The summed E-state index contributed by atoms with van der Waals surface area (Å²) >= 11 is 0. The fourth-order valence-corrected chi connectivity index (χ4v) is 4.71. The van der Waals surface area contributed by atoms with E-state index in [2.05, 4.69) is 15.2 Å². The lowest BCUT2D eigenvalue weighted by Crippen LogP contribution is -2.58. The third-order valence-corrected chi connectivity index (χ3v) is 6.08. The summed E-state index contributed by atoms with van der Waals surface area (Å²) in [6.07, 6.45) is 8.79. The van der Waals surface area contributed by atoms with Crippen LogP contribution in [0.25, 0.3) is 0 Å². The molecule has 0 atom stereocenters. The standard InChI is InChI=1S/C21H31N7O/c22-19-25-20(23)28(21(26-19)11-3-1-4-12-21)17-9-7-16(8-10-17)24-18(29)15-27-13-5-2-6-14-27/h7-10H,1-6,11-15H2,(H,24,29)(H4,22,23,25,26). The van der Waals surface area contributed by atoms with Gasteiger partial charge in [-0.1, -0.05) is 12.8 Å². The number of benzene rings is 1. The maximum Gasteiger partial charge on any atom is 0.238 e. The van der Waals surface area contributed by atoms with Crippen molar-refractivity contribution in [1.29, 1.82) is 0 Å².